The molecule has 0 fully saturated rings. The van der Waals surface area contributed by atoms with Gasteiger partial charge >= 0.3 is 0 Å². The van der Waals surface area contributed by atoms with Crippen LogP contribution in [0, 0.1) is 0 Å². The molecule has 12 rings (SSSR count). The van der Waals surface area contributed by atoms with Gasteiger partial charge in [0.25, 0.3) is 0 Å². The zero-order valence-electron chi connectivity index (χ0n) is 30.3. The molecule has 0 aliphatic rings. The predicted molar refractivity (Wildman–Crippen MR) is 234 cm³/mol. The average molecular weight is 713 g/mol. The Morgan fingerprint density at radius 3 is 1.80 bits per heavy atom. The van der Waals surface area contributed by atoms with Gasteiger partial charge in [-0.1, -0.05) is 152 Å². The van der Waals surface area contributed by atoms with Crippen molar-refractivity contribution in [1.82, 2.24) is 19.1 Å². The van der Waals surface area contributed by atoms with Crippen molar-refractivity contribution in [3.8, 4) is 34.0 Å². The first kappa shape index (κ1) is 30.9. The van der Waals surface area contributed by atoms with Crippen molar-refractivity contribution in [3.05, 3.63) is 194 Å². The summed E-state index contributed by atoms with van der Waals surface area (Å²) in [6.07, 6.45) is 0. The third-order valence-corrected chi connectivity index (χ3v) is 11.5. The fraction of sp³-hybridized carbons (Fsp3) is 0. The van der Waals surface area contributed by atoms with E-state index in [0.29, 0.717) is 5.95 Å². The Balaban J connectivity index is 1.15. The Bertz CT molecular complexity index is 3520. The molecule has 12 aromatic rings. The quantitative estimate of drug-likeness (QED) is 0.182. The molecule has 4 nitrogen and oxygen atoms in total. The van der Waals surface area contributed by atoms with Crippen molar-refractivity contribution in [2.45, 2.75) is 0 Å². The van der Waals surface area contributed by atoms with Gasteiger partial charge < -0.3 is 4.57 Å². The first-order chi connectivity index (χ1) is 27.8. The summed E-state index contributed by atoms with van der Waals surface area (Å²) in [6.45, 7) is 0. The van der Waals surface area contributed by atoms with Gasteiger partial charge in [-0.3, -0.25) is 4.57 Å². The maximum absolute atomic E-state index is 5.47. The van der Waals surface area contributed by atoms with Crippen LogP contribution in [0.25, 0.3) is 110 Å². The normalized spacial score (nSPS) is 11.9. The zero-order chi connectivity index (χ0) is 36.7. The maximum Gasteiger partial charge on any atom is 0.235 e. The number of hydrogen-bond acceptors (Lipinski definition) is 2. The van der Waals surface area contributed by atoms with Crippen molar-refractivity contribution in [2.24, 2.45) is 0 Å². The molecule has 0 unspecified atom stereocenters. The van der Waals surface area contributed by atoms with Gasteiger partial charge in [0.2, 0.25) is 5.95 Å². The molecular formula is C52H32N4. The second-order valence-corrected chi connectivity index (χ2v) is 14.6. The summed E-state index contributed by atoms with van der Waals surface area (Å²) in [5.74, 6) is 0.645. The number of hydrogen-bond donors (Lipinski definition) is 0. The predicted octanol–water partition coefficient (Wildman–Crippen LogP) is 13.5. The maximum atomic E-state index is 5.47. The summed E-state index contributed by atoms with van der Waals surface area (Å²) in [6, 6.07) is 69.7. The van der Waals surface area contributed by atoms with Gasteiger partial charge in [-0.2, -0.15) is 0 Å². The van der Waals surface area contributed by atoms with E-state index in [1.165, 1.54) is 59.9 Å². The molecule has 0 radical (unpaired) electrons. The van der Waals surface area contributed by atoms with Crippen molar-refractivity contribution < 1.29 is 0 Å². The Kier molecular flexibility index (Phi) is 6.60. The lowest BCUT2D eigenvalue weighted by molar-refractivity contribution is 1.01. The SMILES string of the molecule is c1ccc(-c2ccc(-c3nc(-n4c5cc(-n6c7ccccc7c7c8ccccc8ccc76)ccc5c5cc6ccccc6cc54)nc4ccccc34)cc2)cc1. The molecule has 0 atom stereocenters. The smallest absolute Gasteiger partial charge is 0.235 e. The fourth-order valence-electron chi connectivity index (χ4n) is 8.90. The van der Waals surface area contributed by atoms with Crippen LogP contribution in [0.2, 0.25) is 0 Å². The molecule has 3 heterocycles. The van der Waals surface area contributed by atoms with E-state index >= 15 is 0 Å². The third-order valence-electron chi connectivity index (χ3n) is 11.5. The van der Waals surface area contributed by atoms with Gasteiger partial charge in [-0.05, 0) is 75.1 Å². The molecule has 4 heteroatoms. The minimum absolute atomic E-state index is 0.645. The van der Waals surface area contributed by atoms with Crippen molar-refractivity contribution in [3.63, 3.8) is 0 Å². The highest BCUT2D eigenvalue weighted by molar-refractivity contribution is 6.21. The van der Waals surface area contributed by atoms with Crippen LogP contribution in [0.1, 0.15) is 0 Å². The largest absolute Gasteiger partial charge is 0.309 e. The van der Waals surface area contributed by atoms with Crippen molar-refractivity contribution in [2.75, 3.05) is 0 Å². The first-order valence-corrected chi connectivity index (χ1v) is 19.1. The summed E-state index contributed by atoms with van der Waals surface area (Å²) in [7, 11) is 0. The molecular weight excluding hydrogens is 681 g/mol. The van der Waals surface area contributed by atoms with Crippen LogP contribution in [-0.4, -0.2) is 19.1 Å². The molecule has 0 bridgehead atoms. The minimum atomic E-state index is 0.645. The van der Waals surface area contributed by atoms with Crippen molar-refractivity contribution in [1.29, 1.82) is 0 Å². The Morgan fingerprint density at radius 1 is 0.321 bits per heavy atom. The number of rotatable bonds is 4. The first-order valence-electron chi connectivity index (χ1n) is 19.1. The van der Waals surface area contributed by atoms with E-state index in [-0.39, 0.29) is 0 Å². The Morgan fingerprint density at radius 2 is 0.964 bits per heavy atom. The van der Waals surface area contributed by atoms with Crippen LogP contribution < -0.4 is 0 Å². The third kappa shape index (κ3) is 4.60. The van der Waals surface area contributed by atoms with Crippen LogP contribution in [0.3, 0.4) is 0 Å². The molecule has 0 N–H and O–H groups in total. The highest BCUT2D eigenvalue weighted by Crippen LogP contribution is 2.40. The standard InChI is InChI=1S/C52H32N4/c1-2-12-33(13-3-1)34-22-24-36(25-23-34)51-42-18-8-10-20-45(42)53-52(54-51)56-48-31-38-16-5-4-15-37(38)30-44(48)41-28-27-39(32-49(41)56)55-46-21-11-9-19-43(46)50-40-17-7-6-14-35(40)26-29-47(50)55/h1-32H. The molecule has 56 heavy (non-hydrogen) atoms. The Hall–Kier alpha value is -7.56. The number of nitrogens with zero attached hydrogens (tertiary/aromatic N) is 4. The van der Waals surface area contributed by atoms with E-state index in [1.54, 1.807) is 0 Å². The van der Waals surface area contributed by atoms with E-state index in [0.717, 1.165) is 44.3 Å². The number of para-hydroxylation sites is 2. The summed E-state index contributed by atoms with van der Waals surface area (Å²) >= 11 is 0. The fourth-order valence-corrected chi connectivity index (χ4v) is 8.90. The Labute approximate surface area is 322 Å². The van der Waals surface area contributed by atoms with E-state index in [1.807, 2.05) is 0 Å². The van der Waals surface area contributed by atoms with E-state index < -0.39 is 0 Å². The van der Waals surface area contributed by atoms with Crippen molar-refractivity contribution >= 4 is 76.1 Å². The summed E-state index contributed by atoms with van der Waals surface area (Å²) < 4.78 is 4.69. The molecule has 0 aliphatic carbocycles. The molecule has 0 aliphatic heterocycles. The van der Waals surface area contributed by atoms with Gasteiger partial charge in [0.05, 0.1) is 33.3 Å². The minimum Gasteiger partial charge on any atom is -0.309 e. The van der Waals surface area contributed by atoms with Gasteiger partial charge in [0, 0.05) is 38.2 Å². The van der Waals surface area contributed by atoms with Crippen LogP contribution in [0.4, 0.5) is 0 Å². The van der Waals surface area contributed by atoms with E-state index in [9.17, 15) is 0 Å². The van der Waals surface area contributed by atoms with Gasteiger partial charge in [-0.25, -0.2) is 9.97 Å². The number of aromatic nitrogens is 4. The zero-order valence-corrected chi connectivity index (χ0v) is 30.3. The highest BCUT2D eigenvalue weighted by Gasteiger charge is 2.21. The van der Waals surface area contributed by atoms with E-state index in [2.05, 4.69) is 203 Å². The highest BCUT2D eigenvalue weighted by atomic mass is 15.2. The summed E-state index contributed by atoms with van der Waals surface area (Å²) in [5, 5.41) is 10.7. The topological polar surface area (TPSA) is 35.6 Å². The lowest BCUT2D eigenvalue weighted by Crippen LogP contribution is -2.04. The lowest BCUT2D eigenvalue weighted by Gasteiger charge is -2.13. The van der Waals surface area contributed by atoms with Crippen LogP contribution >= 0.6 is 0 Å². The molecule has 0 saturated heterocycles. The summed E-state index contributed by atoms with van der Waals surface area (Å²) in [5.41, 5.74) is 10.8. The molecule has 260 valence electrons. The molecule has 0 spiro atoms. The van der Waals surface area contributed by atoms with Crippen LogP contribution in [0.5, 0.6) is 0 Å². The molecule has 9 aromatic carbocycles. The number of benzene rings is 9. The lowest BCUT2D eigenvalue weighted by atomic mass is 10.0. The van der Waals surface area contributed by atoms with Crippen LogP contribution in [-0.2, 0) is 0 Å². The summed E-state index contributed by atoms with van der Waals surface area (Å²) in [4.78, 5) is 10.8. The number of fused-ring (bicyclic) bond motifs is 10. The van der Waals surface area contributed by atoms with Crippen LogP contribution in [0.15, 0.2) is 194 Å². The second-order valence-electron chi connectivity index (χ2n) is 14.6. The second kappa shape index (κ2) is 12.0. The molecule has 0 saturated carbocycles. The van der Waals surface area contributed by atoms with Gasteiger partial charge in [-0.15, -0.1) is 0 Å². The van der Waals surface area contributed by atoms with Gasteiger partial charge in [0.1, 0.15) is 0 Å². The van der Waals surface area contributed by atoms with Gasteiger partial charge in [0.15, 0.2) is 0 Å². The molecule has 0 amide bonds. The monoisotopic (exact) mass is 712 g/mol. The molecule has 3 aromatic heterocycles. The average Bonchev–Trinajstić information content (AvgIpc) is 3.77. The van der Waals surface area contributed by atoms with E-state index in [4.69, 9.17) is 9.97 Å².